The fourth-order valence-corrected chi connectivity index (χ4v) is 3.21. The van der Waals surface area contributed by atoms with Crippen LogP contribution in [0.2, 0.25) is 19.6 Å². The predicted octanol–water partition coefficient (Wildman–Crippen LogP) is 4.85. The Morgan fingerprint density at radius 2 is 1.38 bits per heavy atom. The van der Waals surface area contributed by atoms with Gasteiger partial charge in [-0.2, -0.15) is 0 Å². The number of allylic oxidation sites excluding steroid dienone is 1. The first-order chi connectivity index (χ1) is 7.43. The molecular weight excluding hydrogens is 210 g/mol. The summed E-state index contributed by atoms with van der Waals surface area (Å²) < 4.78 is 0. The standard InChI is InChI=1S/C14H31NSi/c1-6-8-10-12-13(11-9-7-2)14(15)16(3,4)5/h6-12,15H2,1-5H3. The normalized spacial score (nSPS) is 13.8. The Balaban J connectivity index is 4.51. The van der Waals surface area contributed by atoms with Crippen LogP contribution in [0.3, 0.4) is 0 Å². The van der Waals surface area contributed by atoms with E-state index in [0.717, 1.165) is 0 Å². The van der Waals surface area contributed by atoms with Gasteiger partial charge >= 0.3 is 0 Å². The highest BCUT2D eigenvalue weighted by atomic mass is 28.3. The molecule has 0 aliphatic rings. The molecule has 0 bridgehead atoms. The summed E-state index contributed by atoms with van der Waals surface area (Å²) in [5, 5.41) is 1.28. The van der Waals surface area contributed by atoms with Gasteiger partial charge < -0.3 is 5.73 Å². The molecule has 1 nitrogen and oxygen atoms in total. The first-order valence-electron chi connectivity index (χ1n) is 6.91. The number of hydrogen-bond donors (Lipinski definition) is 1. The van der Waals surface area contributed by atoms with Crippen LogP contribution in [0.15, 0.2) is 10.9 Å². The van der Waals surface area contributed by atoms with Crippen molar-refractivity contribution in [1.82, 2.24) is 0 Å². The van der Waals surface area contributed by atoms with E-state index in [1.54, 1.807) is 5.57 Å². The Kier molecular flexibility index (Phi) is 7.82. The topological polar surface area (TPSA) is 26.0 Å². The monoisotopic (exact) mass is 241 g/mol. The molecule has 0 fully saturated rings. The molecule has 0 amide bonds. The van der Waals surface area contributed by atoms with Crippen molar-refractivity contribution < 1.29 is 0 Å². The van der Waals surface area contributed by atoms with Crippen LogP contribution in [0, 0.1) is 0 Å². The zero-order chi connectivity index (χ0) is 12.6. The van der Waals surface area contributed by atoms with Crippen LogP contribution in [-0.4, -0.2) is 8.07 Å². The summed E-state index contributed by atoms with van der Waals surface area (Å²) >= 11 is 0. The molecule has 0 saturated carbocycles. The van der Waals surface area contributed by atoms with Crippen LogP contribution >= 0.6 is 0 Å². The van der Waals surface area contributed by atoms with Crippen LogP contribution in [0.4, 0.5) is 0 Å². The van der Waals surface area contributed by atoms with E-state index >= 15 is 0 Å². The predicted molar refractivity (Wildman–Crippen MR) is 78.2 cm³/mol. The molecule has 16 heavy (non-hydrogen) atoms. The van der Waals surface area contributed by atoms with Crippen LogP contribution in [-0.2, 0) is 0 Å². The van der Waals surface area contributed by atoms with E-state index in [1.165, 1.54) is 50.3 Å². The van der Waals surface area contributed by atoms with Crippen molar-refractivity contribution in [3.63, 3.8) is 0 Å². The summed E-state index contributed by atoms with van der Waals surface area (Å²) in [6, 6.07) is 0. The highest BCUT2D eigenvalue weighted by Crippen LogP contribution is 2.23. The minimum Gasteiger partial charge on any atom is -0.406 e. The van der Waals surface area contributed by atoms with Crippen molar-refractivity contribution in [2.24, 2.45) is 5.73 Å². The summed E-state index contributed by atoms with van der Waals surface area (Å²) in [6.07, 6.45) is 9.01. The SMILES string of the molecule is CCCCCC(CCCC)=C(N)[Si](C)(C)C. The lowest BCUT2D eigenvalue weighted by atomic mass is 10.0. The molecule has 0 atom stereocenters. The third kappa shape index (κ3) is 6.36. The van der Waals surface area contributed by atoms with Crippen LogP contribution in [0.25, 0.3) is 0 Å². The maximum absolute atomic E-state index is 6.36. The molecule has 2 heteroatoms. The number of unbranched alkanes of at least 4 members (excludes halogenated alkanes) is 3. The molecule has 0 aromatic rings. The molecule has 0 saturated heterocycles. The van der Waals surface area contributed by atoms with Gasteiger partial charge in [-0.15, -0.1) is 0 Å². The largest absolute Gasteiger partial charge is 0.406 e. The maximum Gasteiger partial charge on any atom is 0.0973 e. The Labute approximate surface area is 104 Å². The highest BCUT2D eigenvalue weighted by molar-refractivity contribution is 6.82. The molecule has 0 aliphatic heterocycles. The zero-order valence-corrected chi connectivity index (χ0v) is 13.0. The number of hydrogen-bond acceptors (Lipinski definition) is 1. The average molecular weight is 241 g/mol. The van der Waals surface area contributed by atoms with E-state index < -0.39 is 8.07 Å². The highest BCUT2D eigenvalue weighted by Gasteiger charge is 2.20. The Morgan fingerprint density at radius 1 is 0.875 bits per heavy atom. The van der Waals surface area contributed by atoms with Gasteiger partial charge in [-0.3, -0.25) is 0 Å². The number of rotatable bonds is 8. The van der Waals surface area contributed by atoms with Gasteiger partial charge in [0.2, 0.25) is 0 Å². The minimum absolute atomic E-state index is 1.23. The fourth-order valence-electron chi connectivity index (χ4n) is 1.90. The van der Waals surface area contributed by atoms with Gasteiger partial charge in [-0.05, 0) is 31.0 Å². The molecule has 0 heterocycles. The third-order valence-corrected chi connectivity index (χ3v) is 5.07. The second-order valence-corrected chi connectivity index (χ2v) is 10.9. The lowest BCUT2D eigenvalue weighted by Crippen LogP contribution is -2.31. The summed E-state index contributed by atoms with van der Waals surface area (Å²) in [4.78, 5) is 0. The smallest absolute Gasteiger partial charge is 0.0973 e. The summed E-state index contributed by atoms with van der Waals surface area (Å²) in [6.45, 7) is 11.6. The number of nitrogens with two attached hydrogens (primary N) is 1. The average Bonchev–Trinajstić information content (AvgIpc) is 2.21. The van der Waals surface area contributed by atoms with E-state index in [-0.39, 0.29) is 0 Å². The van der Waals surface area contributed by atoms with Crippen LogP contribution < -0.4 is 5.73 Å². The Hall–Kier alpha value is -0.243. The molecule has 0 radical (unpaired) electrons. The van der Waals surface area contributed by atoms with Gasteiger partial charge in [0.1, 0.15) is 0 Å². The molecule has 0 unspecified atom stereocenters. The molecule has 0 rings (SSSR count). The Bertz CT molecular complexity index is 213. The summed E-state index contributed by atoms with van der Waals surface area (Å²) in [5.74, 6) is 0. The van der Waals surface area contributed by atoms with Crippen molar-refractivity contribution >= 4 is 8.07 Å². The maximum atomic E-state index is 6.36. The first-order valence-corrected chi connectivity index (χ1v) is 10.4. The summed E-state index contributed by atoms with van der Waals surface area (Å²) in [5.41, 5.74) is 7.94. The Morgan fingerprint density at radius 3 is 1.81 bits per heavy atom. The van der Waals surface area contributed by atoms with Crippen molar-refractivity contribution in [2.75, 3.05) is 0 Å². The molecule has 2 N–H and O–H groups in total. The van der Waals surface area contributed by atoms with E-state index in [0.29, 0.717) is 0 Å². The molecule has 0 aromatic heterocycles. The molecule has 96 valence electrons. The molecule has 0 spiro atoms. The van der Waals surface area contributed by atoms with Crippen LogP contribution in [0.5, 0.6) is 0 Å². The molecule has 0 aromatic carbocycles. The van der Waals surface area contributed by atoms with E-state index in [4.69, 9.17) is 5.73 Å². The lowest BCUT2D eigenvalue weighted by Gasteiger charge is -2.22. The van der Waals surface area contributed by atoms with Crippen molar-refractivity contribution in [3.05, 3.63) is 10.9 Å². The molecular formula is C14H31NSi. The van der Waals surface area contributed by atoms with E-state index in [1.807, 2.05) is 0 Å². The van der Waals surface area contributed by atoms with E-state index in [2.05, 4.69) is 33.5 Å². The van der Waals surface area contributed by atoms with E-state index in [9.17, 15) is 0 Å². The zero-order valence-electron chi connectivity index (χ0n) is 12.0. The van der Waals surface area contributed by atoms with Gasteiger partial charge in [-0.1, -0.05) is 58.3 Å². The quantitative estimate of drug-likeness (QED) is 0.477. The minimum atomic E-state index is -1.28. The van der Waals surface area contributed by atoms with Crippen molar-refractivity contribution in [1.29, 1.82) is 0 Å². The fraction of sp³-hybridized carbons (Fsp3) is 0.857. The lowest BCUT2D eigenvalue weighted by molar-refractivity contribution is 0.674. The van der Waals surface area contributed by atoms with Gasteiger partial charge in [0, 0.05) is 0 Å². The van der Waals surface area contributed by atoms with Crippen LogP contribution in [0.1, 0.15) is 58.8 Å². The summed E-state index contributed by atoms with van der Waals surface area (Å²) in [7, 11) is -1.28. The van der Waals surface area contributed by atoms with Gasteiger partial charge in [-0.25, -0.2) is 0 Å². The first kappa shape index (κ1) is 15.8. The third-order valence-electron chi connectivity index (χ3n) is 3.10. The van der Waals surface area contributed by atoms with Gasteiger partial charge in [0.05, 0.1) is 8.07 Å². The second-order valence-electron chi connectivity index (χ2n) is 5.83. The van der Waals surface area contributed by atoms with Gasteiger partial charge in [0.25, 0.3) is 0 Å². The molecule has 0 aliphatic carbocycles. The van der Waals surface area contributed by atoms with Crippen molar-refractivity contribution in [2.45, 2.75) is 78.4 Å². The second kappa shape index (κ2) is 7.94. The van der Waals surface area contributed by atoms with Gasteiger partial charge in [0.15, 0.2) is 0 Å². The van der Waals surface area contributed by atoms with Crippen molar-refractivity contribution in [3.8, 4) is 0 Å².